The number of amides is 2. The molecule has 12 N–H and O–H groups in total. The van der Waals surface area contributed by atoms with Gasteiger partial charge in [0, 0.05) is 37.3 Å². The van der Waals surface area contributed by atoms with Crippen LogP contribution in [-0.2, 0) is 40.5 Å². The van der Waals surface area contributed by atoms with E-state index < -0.39 is 94.9 Å². The number of ether oxygens (including phenoxy) is 2. The minimum absolute atomic E-state index is 0.000975. The molecule has 2 amide bonds. The number of rotatable bonds is 14. The van der Waals surface area contributed by atoms with Crippen LogP contribution in [0.1, 0.15) is 33.6 Å². The first-order valence-corrected chi connectivity index (χ1v) is 31.7. The van der Waals surface area contributed by atoms with Crippen LogP contribution in [0.2, 0.25) is 20.1 Å². The summed E-state index contributed by atoms with van der Waals surface area (Å²) in [6.45, 7) is -0.0578. The molecule has 0 saturated carbocycles. The van der Waals surface area contributed by atoms with Gasteiger partial charge in [0.25, 0.3) is 32.1 Å². The van der Waals surface area contributed by atoms with Crippen LogP contribution < -0.4 is 52.9 Å². The number of benzene rings is 7. The third kappa shape index (κ3) is 10.9. The number of nitrogens with one attached hydrogen (secondary N) is 4. The van der Waals surface area contributed by atoms with Crippen molar-refractivity contribution in [3.05, 3.63) is 115 Å². The van der Waals surface area contributed by atoms with Crippen molar-refractivity contribution in [3.8, 4) is 45.9 Å². The molecule has 4 aliphatic heterocycles. The molecular weight excluding hydrogens is 1300 g/mol. The molecule has 36 heteroatoms. The lowest BCUT2D eigenvalue weighted by Crippen LogP contribution is -2.26. The molecule has 5 aromatic carbocycles. The molecule has 0 radical (unpaired) electrons. The second kappa shape index (κ2) is 22.0. The molecule has 0 fully saturated rings. The van der Waals surface area contributed by atoms with Crippen LogP contribution in [0.5, 0.6) is 23.0 Å². The summed E-state index contributed by atoms with van der Waals surface area (Å²) in [5, 5.41) is 9.59. The smallest absolute Gasteiger partial charge is 0.300 e. The summed E-state index contributed by atoms with van der Waals surface area (Å²) < 4.78 is 164. The highest BCUT2D eigenvalue weighted by Crippen LogP contribution is 2.57. The highest BCUT2D eigenvalue weighted by molar-refractivity contribution is 7.86. The number of hydrogen-bond acceptors (Lipinski definition) is 22. The number of nitrogen functional groups attached to an aromatic ring is 2. The number of hydrogen-bond donors (Lipinski definition) is 10. The topological polar surface area (TPSA) is 447 Å². The largest absolute Gasteiger partial charge is 0.450 e. The molecule has 86 heavy (non-hydrogen) atoms. The maximum absolute atomic E-state index is 13.0. The van der Waals surface area contributed by atoms with Gasteiger partial charge in [-0.2, -0.15) is 33.7 Å². The van der Waals surface area contributed by atoms with Crippen LogP contribution in [-0.4, -0.2) is 99.8 Å². The van der Waals surface area contributed by atoms with Gasteiger partial charge in [0.2, 0.25) is 0 Å². The number of nitrogens with two attached hydrogens (primary N) is 2. The Morgan fingerprint density at radius 3 is 1.21 bits per heavy atom. The maximum atomic E-state index is 13.0. The van der Waals surface area contributed by atoms with Crippen molar-refractivity contribution in [2.75, 3.05) is 48.3 Å². The first kappa shape index (κ1) is 59.6. The standard InChI is InChI=1S/C50H36Cl4N10O18S4/c51-29-35-43(31(53)33-41(29)79-37-23(61-33)9-7-21(55)45(37)83(67,68)69)81-39-25(63-35)11-13-27(47(39)85(73,74)75)57-15-1-17-59-49(65)19-3-5-20(6-4-19)50(66)60-18-2-16-58-28-14-12-26-40(48(28)86(76,77)78)82-44-32(54)34-42(30(52)36(44)64-26)80-38-24(62-34)10-8-22(56)46(38)84(70,71)72/h3-14,61-62H,1-2,15-18,55-56H2,(H,59,65)(H,60,66)(H,67,68,69)(H,70,71,72)(H,73,74,75)(H,76,77,78). The van der Waals surface area contributed by atoms with Gasteiger partial charge in [0.1, 0.15) is 53.9 Å². The van der Waals surface area contributed by atoms with Gasteiger partial charge in [-0.25, -0.2) is 9.97 Å². The minimum atomic E-state index is -5.08. The lowest BCUT2D eigenvalue weighted by atomic mass is 10.1. The lowest BCUT2D eigenvalue weighted by Gasteiger charge is -2.26. The number of halogens is 4. The van der Waals surface area contributed by atoms with Crippen LogP contribution in [0.25, 0.3) is 45.1 Å². The van der Waals surface area contributed by atoms with E-state index >= 15 is 0 Å². The Labute approximate surface area is 503 Å². The molecule has 0 atom stereocenters. The predicted molar refractivity (Wildman–Crippen MR) is 310 cm³/mol. The summed E-state index contributed by atoms with van der Waals surface area (Å²) in [6, 6.07) is 15.8. The Balaban J connectivity index is 0.723. The second-order valence-electron chi connectivity index (χ2n) is 18.6. The molecule has 6 aliphatic rings. The van der Waals surface area contributed by atoms with E-state index in [1.807, 2.05) is 0 Å². The van der Waals surface area contributed by atoms with Crippen LogP contribution >= 0.6 is 46.4 Å². The van der Waals surface area contributed by atoms with Gasteiger partial charge in [0.15, 0.2) is 65.3 Å². The highest BCUT2D eigenvalue weighted by atomic mass is 35.5. The van der Waals surface area contributed by atoms with Gasteiger partial charge < -0.3 is 51.0 Å². The van der Waals surface area contributed by atoms with E-state index in [1.165, 1.54) is 72.8 Å². The van der Waals surface area contributed by atoms with Crippen molar-refractivity contribution in [3.63, 3.8) is 0 Å². The maximum Gasteiger partial charge on any atom is 0.300 e. The van der Waals surface area contributed by atoms with Crippen LogP contribution in [0, 0.1) is 0 Å². The highest BCUT2D eigenvalue weighted by Gasteiger charge is 2.37. The van der Waals surface area contributed by atoms with E-state index in [9.17, 15) is 61.5 Å². The number of carbonyl (C=O) groups is 2. The van der Waals surface area contributed by atoms with Crippen molar-refractivity contribution in [1.29, 1.82) is 0 Å². The fourth-order valence-corrected chi connectivity index (χ4v) is 13.3. The Kier molecular flexibility index (Phi) is 15.2. The van der Waals surface area contributed by atoms with Crippen LogP contribution in [0.15, 0.2) is 111 Å². The van der Waals surface area contributed by atoms with E-state index in [1.54, 1.807) is 0 Å². The molecule has 28 nitrogen and oxygen atoms in total. The van der Waals surface area contributed by atoms with Gasteiger partial charge >= 0.3 is 20.2 Å². The predicted octanol–water partition coefficient (Wildman–Crippen LogP) is 8.08. The van der Waals surface area contributed by atoms with Gasteiger partial charge in [-0.1, -0.05) is 46.4 Å². The zero-order valence-electron chi connectivity index (χ0n) is 42.8. The molecular formula is C50H36Cl4N10O18S4. The van der Waals surface area contributed by atoms with Gasteiger partial charge in [0.05, 0.1) is 33.5 Å². The van der Waals surface area contributed by atoms with Crippen molar-refractivity contribution < 1.29 is 79.8 Å². The Hall–Kier alpha value is -8.12. The molecule has 0 saturated heterocycles. The van der Waals surface area contributed by atoms with Crippen molar-refractivity contribution >= 4 is 155 Å². The lowest BCUT2D eigenvalue weighted by molar-refractivity contribution is 0.0941. The molecule has 11 rings (SSSR count). The average Bonchev–Trinajstić information content (AvgIpc) is 0.759. The minimum Gasteiger partial charge on any atom is -0.450 e. The van der Waals surface area contributed by atoms with Gasteiger partial charge in [-0.3, -0.25) is 37.8 Å². The first-order valence-electron chi connectivity index (χ1n) is 24.4. The molecule has 0 unspecified atom stereocenters. The van der Waals surface area contributed by atoms with E-state index in [0.717, 1.165) is 0 Å². The Bertz CT molecular complexity index is 4720. The monoisotopic (exact) mass is 1330 g/mol. The third-order valence-corrected chi connectivity index (χ3v) is 18.1. The number of carbonyl (C=O) groups excluding carboxylic acids is 2. The van der Waals surface area contributed by atoms with E-state index in [0.29, 0.717) is 0 Å². The number of anilines is 6. The van der Waals surface area contributed by atoms with Gasteiger partial charge in [-0.05, 0) is 85.6 Å². The fraction of sp³-hybridized carbons (Fsp3) is 0.120. The van der Waals surface area contributed by atoms with E-state index in [2.05, 4.69) is 41.2 Å². The van der Waals surface area contributed by atoms with Gasteiger partial charge in [-0.15, -0.1) is 0 Å². The van der Waals surface area contributed by atoms with Crippen LogP contribution in [0.3, 0.4) is 0 Å². The Morgan fingerprint density at radius 2 is 0.860 bits per heavy atom. The molecule has 0 aromatic heterocycles. The number of aromatic nitrogens is 2. The SMILES string of the molecule is Nc1ccc2c(c1S(=O)(=O)O)Oc1c(c(Cl)c3oc4c(S(=O)(=O)O)c(=NCCCNC(=O)c5ccc(C(=O)NCCCN=c6ccc7nc8c(Cl)c9c(c(Cl)c8oc-7c6S(=O)(=O)O)Nc6ccc(N)c(S(=O)(=O)O)c6O9)cc5)ccc-4nc3c1Cl)N2. The molecule has 0 bridgehead atoms. The summed E-state index contributed by atoms with van der Waals surface area (Å²) in [7, 11) is -20.0. The van der Waals surface area contributed by atoms with E-state index in [4.69, 9.17) is 76.2 Å². The Morgan fingerprint density at radius 1 is 0.500 bits per heavy atom. The molecule has 0 spiro atoms. The normalized spacial score (nSPS) is 13.5. The molecule has 446 valence electrons. The molecule has 4 heterocycles. The molecule has 2 aliphatic carbocycles. The summed E-state index contributed by atoms with van der Waals surface area (Å²) in [6.07, 6.45) is 0.339. The van der Waals surface area contributed by atoms with Crippen molar-refractivity contribution in [2.24, 2.45) is 9.98 Å². The summed E-state index contributed by atoms with van der Waals surface area (Å²) >= 11 is 26.8. The average molecular weight is 1330 g/mol. The molecule has 5 aromatic rings. The quantitative estimate of drug-likeness (QED) is 0.0213. The zero-order valence-corrected chi connectivity index (χ0v) is 49.1. The number of nitrogens with zero attached hydrogens (tertiary/aromatic N) is 4. The number of fused-ring (bicyclic) bond motifs is 8. The van der Waals surface area contributed by atoms with Crippen molar-refractivity contribution in [2.45, 2.75) is 32.4 Å². The summed E-state index contributed by atoms with van der Waals surface area (Å²) in [4.78, 5) is 40.5. The summed E-state index contributed by atoms with van der Waals surface area (Å²) in [5.41, 5.74) is 10.1. The van der Waals surface area contributed by atoms with E-state index in [-0.39, 0.29) is 160 Å². The van der Waals surface area contributed by atoms with Crippen LogP contribution in [0.4, 0.5) is 34.1 Å². The zero-order chi connectivity index (χ0) is 61.7. The summed E-state index contributed by atoms with van der Waals surface area (Å²) in [5.74, 6) is -3.22. The fourth-order valence-electron chi connectivity index (χ4n) is 9.22. The van der Waals surface area contributed by atoms with Crippen molar-refractivity contribution in [1.82, 2.24) is 20.6 Å². The first-order chi connectivity index (χ1) is 40.5. The second-order valence-corrected chi connectivity index (χ2v) is 25.6. The third-order valence-electron chi connectivity index (χ3n) is 13.0.